The van der Waals surface area contributed by atoms with Crippen molar-refractivity contribution in [1.29, 1.82) is 5.26 Å². The van der Waals surface area contributed by atoms with Gasteiger partial charge in [0.15, 0.2) is 0 Å². The molecule has 1 aromatic heterocycles. The van der Waals surface area contributed by atoms with Gasteiger partial charge in [-0.1, -0.05) is 23.2 Å². The largest absolute Gasteiger partial charge is 0.406 e. The van der Waals surface area contributed by atoms with Gasteiger partial charge in [0.1, 0.15) is 24.0 Å². The van der Waals surface area contributed by atoms with Crippen LogP contribution < -0.4 is 5.32 Å². The molecule has 0 unspecified atom stereocenters. The van der Waals surface area contributed by atoms with E-state index in [9.17, 15) is 18.0 Å². The zero-order chi connectivity index (χ0) is 18.6. The third kappa shape index (κ3) is 5.24. The van der Waals surface area contributed by atoms with E-state index in [0.717, 1.165) is 23.0 Å². The number of aromatic nitrogens is 2. The number of hydrogen-bond acceptors (Lipinski definition) is 3. The van der Waals surface area contributed by atoms with Crippen LogP contribution in [-0.4, -0.2) is 21.6 Å². The minimum Gasteiger partial charge on any atom is -0.322 e. The van der Waals surface area contributed by atoms with Crippen LogP contribution in [0.4, 0.5) is 18.9 Å². The van der Waals surface area contributed by atoms with Crippen molar-refractivity contribution in [1.82, 2.24) is 9.55 Å². The molecule has 0 aliphatic carbocycles. The van der Waals surface area contributed by atoms with Crippen LogP contribution in [-0.2, 0) is 11.3 Å². The summed E-state index contributed by atoms with van der Waals surface area (Å²) in [5.41, 5.74) is -0.225. The molecule has 0 atom stereocenters. The average Bonchev–Trinajstić information content (AvgIpc) is 2.92. The zero-order valence-electron chi connectivity index (χ0n) is 12.3. The summed E-state index contributed by atoms with van der Waals surface area (Å²) in [5, 5.41) is 12.0. The quantitative estimate of drug-likeness (QED) is 0.626. The number of hydrogen-bond donors (Lipinski definition) is 1. The Morgan fingerprint density at radius 1 is 1.40 bits per heavy atom. The Kier molecular flexibility index (Phi) is 5.72. The predicted molar refractivity (Wildman–Crippen MR) is 87.0 cm³/mol. The number of benzene rings is 1. The lowest BCUT2D eigenvalue weighted by Gasteiger charge is -2.09. The number of amides is 1. The highest BCUT2D eigenvalue weighted by Gasteiger charge is 2.28. The van der Waals surface area contributed by atoms with Crippen molar-refractivity contribution in [3.8, 4) is 6.07 Å². The number of rotatable bonds is 4. The summed E-state index contributed by atoms with van der Waals surface area (Å²) in [6, 6.07) is 5.93. The number of carbonyl (C=O) groups is 1. The number of nitrogens with zero attached hydrogens (tertiary/aromatic N) is 3. The van der Waals surface area contributed by atoms with Crippen molar-refractivity contribution in [3.63, 3.8) is 0 Å². The molecule has 0 aliphatic heterocycles. The van der Waals surface area contributed by atoms with Gasteiger partial charge in [0.05, 0.1) is 10.7 Å². The Hall–Kier alpha value is -2.50. The van der Waals surface area contributed by atoms with Gasteiger partial charge in [0.25, 0.3) is 5.91 Å². The molecule has 2 rings (SSSR count). The molecule has 1 N–H and O–H groups in total. The fourth-order valence-electron chi connectivity index (χ4n) is 1.85. The summed E-state index contributed by atoms with van der Waals surface area (Å²) in [4.78, 5) is 15.9. The zero-order valence-corrected chi connectivity index (χ0v) is 13.8. The number of imidazole rings is 1. The van der Waals surface area contributed by atoms with Crippen LogP contribution in [0.5, 0.6) is 0 Å². The second-order valence-corrected chi connectivity index (χ2v) is 5.62. The number of nitrogens with one attached hydrogen (secondary N) is 1. The lowest BCUT2D eigenvalue weighted by molar-refractivity contribution is -0.140. The molecule has 0 saturated heterocycles. The van der Waals surface area contributed by atoms with E-state index in [1.54, 1.807) is 6.07 Å². The topological polar surface area (TPSA) is 70.7 Å². The molecule has 5 nitrogen and oxygen atoms in total. The van der Waals surface area contributed by atoms with Gasteiger partial charge in [0, 0.05) is 23.5 Å². The van der Waals surface area contributed by atoms with Crippen LogP contribution in [0.25, 0.3) is 6.08 Å². The molecule has 0 saturated carbocycles. The Bertz CT molecular complexity index is 868. The van der Waals surface area contributed by atoms with Crippen molar-refractivity contribution in [2.45, 2.75) is 12.7 Å². The minimum atomic E-state index is -4.46. The lowest BCUT2D eigenvalue weighted by Crippen LogP contribution is -2.18. The standard InChI is InChI=1S/C15H9Cl2F3N4O/c16-10-1-2-12(11(17)6-10)23-14(25)9(7-21)5-13-22-3-4-24(13)8-15(18,19)20/h1-6H,8H2,(H,23,25)/b9-5-. The first-order valence-corrected chi connectivity index (χ1v) is 7.41. The summed E-state index contributed by atoms with van der Waals surface area (Å²) in [6.45, 7) is -1.29. The molecule has 130 valence electrons. The molecule has 25 heavy (non-hydrogen) atoms. The van der Waals surface area contributed by atoms with Crippen molar-refractivity contribution >= 4 is 40.9 Å². The van der Waals surface area contributed by atoms with Crippen LogP contribution >= 0.6 is 23.2 Å². The molecular weight excluding hydrogens is 380 g/mol. The highest BCUT2D eigenvalue weighted by atomic mass is 35.5. The first-order valence-electron chi connectivity index (χ1n) is 6.65. The Morgan fingerprint density at radius 2 is 2.12 bits per heavy atom. The highest BCUT2D eigenvalue weighted by Crippen LogP contribution is 2.26. The maximum absolute atomic E-state index is 12.5. The van der Waals surface area contributed by atoms with E-state index in [0.29, 0.717) is 5.02 Å². The smallest absolute Gasteiger partial charge is 0.322 e. The van der Waals surface area contributed by atoms with Gasteiger partial charge in [-0.05, 0) is 18.2 Å². The Morgan fingerprint density at radius 3 is 2.72 bits per heavy atom. The van der Waals surface area contributed by atoms with Crippen LogP contribution in [0.2, 0.25) is 10.0 Å². The van der Waals surface area contributed by atoms with Gasteiger partial charge < -0.3 is 9.88 Å². The van der Waals surface area contributed by atoms with E-state index in [-0.39, 0.29) is 16.5 Å². The SMILES string of the molecule is N#C/C(=C/c1nccn1CC(F)(F)F)C(=O)Nc1ccc(Cl)cc1Cl. The summed E-state index contributed by atoms with van der Waals surface area (Å²) < 4.78 is 38.3. The molecule has 0 bridgehead atoms. The molecule has 0 aliphatic rings. The summed E-state index contributed by atoms with van der Waals surface area (Å²) >= 11 is 11.7. The third-order valence-electron chi connectivity index (χ3n) is 2.92. The van der Waals surface area contributed by atoms with E-state index in [1.807, 2.05) is 0 Å². The van der Waals surface area contributed by atoms with E-state index < -0.39 is 24.2 Å². The molecule has 0 spiro atoms. The molecule has 0 radical (unpaired) electrons. The number of halogens is 5. The monoisotopic (exact) mass is 388 g/mol. The lowest BCUT2D eigenvalue weighted by atomic mass is 10.2. The summed E-state index contributed by atoms with van der Waals surface area (Å²) in [7, 11) is 0. The van der Waals surface area contributed by atoms with Gasteiger partial charge in [0.2, 0.25) is 0 Å². The van der Waals surface area contributed by atoms with Gasteiger partial charge in [-0.2, -0.15) is 18.4 Å². The number of nitriles is 1. The van der Waals surface area contributed by atoms with E-state index in [4.69, 9.17) is 28.5 Å². The van der Waals surface area contributed by atoms with Gasteiger partial charge in [-0.15, -0.1) is 0 Å². The fraction of sp³-hybridized carbons (Fsp3) is 0.133. The normalized spacial score (nSPS) is 11.9. The van der Waals surface area contributed by atoms with Crippen molar-refractivity contribution < 1.29 is 18.0 Å². The van der Waals surface area contributed by atoms with E-state index in [1.165, 1.54) is 18.2 Å². The Balaban J connectivity index is 2.25. The first kappa shape index (κ1) is 18.8. The molecular formula is C15H9Cl2F3N4O. The van der Waals surface area contributed by atoms with Crippen LogP contribution in [0.15, 0.2) is 36.2 Å². The van der Waals surface area contributed by atoms with Crippen LogP contribution in [0, 0.1) is 11.3 Å². The average molecular weight is 389 g/mol. The third-order valence-corrected chi connectivity index (χ3v) is 3.46. The molecule has 1 heterocycles. The molecule has 0 fully saturated rings. The van der Waals surface area contributed by atoms with Gasteiger partial charge in [-0.3, -0.25) is 4.79 Å². The first-order chi connectivity index (χ1) is 11.7. The summed E-state index contributed by atoms with van der Waals surface area (Å²) in [5.74, 6) is -1.01. The molecule has 10 heteroatoms. The molecule has 1 amide bonds. The van der Waals surface area contributed by atoms with Crippen LogP contribution in [0.1, 0.15) is 5.82 Å². The maximum atomic E-state index is 12.5. The van der Waals surface area contributed by atoms with Crippen molar-refractivity contribution in [2.24, 2.45) is 0 Å². The fourth-order valence-corrected chi connectivity index (χ4v) is 2.30. The number of carbonyl (C=O) groups excluding carboxylic acids is 1. The second kappa shape index (κ2) is 7.59. The second-order valence-electron chi connectivity index (χ2n) is 4.78. The highest BCUT2D eigenvalue weighted by molar-refractivity contribution is 6.36. The number of anilines is 1. The van der Waals surface area contributed by atoms with E-state index >= 15 is 0 Å². The molecule has 2 aromatic rings. The van der Waals surface area contributed by atoms with Gasteiger partial charge >= 0.3 is 6.18 Å². The Labute approximate surface area is 150 Å². The van der Waals surface area contributed by atoms with Crippen molar-refractivity contribution in [2.75, 3.05) is 5.32 Å². The number of alkyl halides is 3. The molecule has 1 aromatic carbocycles. The van der Waals surface area contributed by atoms with Crippen molar-refractivity contribution in [3.05, 3.63) is 52.0 Å². The van der Waals surface area contributed by atoms with Crippen LogP contribution in [0.3, 0.4) is 0 Å². The van der Waals surface area contributed by atoms with Gasteiger partial charge in [-0.25, -0.2) is 4.98 Å². The predicted octanol–water partition coefficient (Wildman–Crippen LogP) is 4.30. The summed E-state index contributed by atoms with van der Waals surface area (Å²) in [6.07, 6.45) is -1.26. The minimum absolute atomic E-state index is 0.150. The maximum Gasteiger partial charge on any atom is 0.406 e. The van der Waals surface area contributed by atoms with E-state index in [2.05, 4.69) is 10.3 Å².